The fourth-order valence-electron chi connectivity index (χ4n) is 11.7. The number of aromatic amines is 1. The van der Waals surface area contributed by atoms with Gasteiger partial charge in [0.2, 0.25) is 29.2 Å². The predicted molar refractivity (Wildman–Crippen MR) is 339 cm³/mol. The van der Waals surface area contributed by atoms with Gasteiger partial charge < -0.3 is 45.7 Å². The van der Waals surface area contributed by atoms with Crippen molar-refractivity contribution in [2.75, 3.05) is 89.3 Å². The molecule has 5 heterocycles. The molecule has 2 aromatic heterocycles. The van der Waals surface area contributed by atoms with Gasteiger partial charge in [-0.25, -0.2) is 4.98 Å². The van der Waals surface area contributed by atoms with E-state index in [1.165, 1.54) is 11.8 Å². The van der Waals surface area contributed by atoms with Crippen molar-refractivity contribution < 1.29 is 46.7 Å². The number of carbonyl (C=O) groups is 6. The van der Waals surface area contributed by atoms with Crippen LogP contribution in [0, 0.1) is 12.3 Å². The Balaban J connectivity index is 0.701. The molecule has 0 aliphatic carbocycles. The molecule has 3 saturated heterocycles. The van der Waals surface area contributed by atoms with E-state index in [2.05, 4.69) is 63.0 Å². The molecular weight excluding hydrogens is 1160 g/mol. The number of esters is 1. The van der Waals surface area contributed by atoms with Crippen molar-refractivity contribution in [2.45, 2.75) is 136 Å². The van der Waals surface area contributed by atoms with E-state index < -0.39 is 64.2 Å². The van der Waals surface area contributed by atoms with Crippen molar-refractivity contribution in [3.8, 4) is 21.6 Å². The lowest BCUT2D eigenvalue weighted by Crippen LogP contribution is -2.57. The number of carbonyl (C=O) groups excluding carboxylic acids is 6. The van der Waals surface area contributed by atoms with E-state index in [1.807, 2.05) is 88.8 Å². The second-order valence-electron chi connectivity index (χ2n) is 24.8. The van der Waals surface area contributed by atoms with Gasteiger partial charge in [-0.1, -0.05) is 101 Å². The van der Waals surface area contributed by atoms with Crippen LogP contribution < -0.4 is 31.7 Å². The number of H-pyrrole nitrogens is 1. The largest absolute Gasteiger partial charge is 0.461 e. The lowest BCUT2D eigenvalue weighted by atomic mass is 9.85. The molecule has 23 heteroatoms. The van der Waals surface area contributed by atoms with Crippen LogP contribution in [-0.4, -0.2) is 162 Å². The Hall–Kier alpha value is -7.47. The lowest BCUT2D eigenvalue weighted by Gasteiger charge is -2.35. The molecule has 0 radical (unpaired) electrons. The third kappa shape index (κ3) is 19.5. The number of hydrogen-bond acceptors (Lipinski definition) is 14. The number of nitrogens with one attached hydrogen (secondary N) is 5. The number of benzene rings is 3. The molecule has 5 aromatic rings. The first-order valence-corrected chi connectivity index (χ1v) is 31.9. The maximum absolute atomic E-state index is 14.3. The maximum Gasteiger partial charge on any atom is 0.417 e. The van der Waals surface area contributed by atoms with Gasteiger partial charge in [0.1, 0.15) is 18.2 Å². The van der Waals surface area contributed by atoms with Crippen molar-refractivity contribution in [1.29, 1.82) is 0 Å². The van der Waals surface area contributed by atoms with Crippen molar-refractivity contribution in [1.82, 2.24) is 45.5 Å². The van der Waals surface area contributed by atoms with E-state index in [9.17, 15) is 46.7 Å². The average molecular weight is 1250 g/mol. The summed E-state index contributed by atoms with van der Waals surface area (Å²) in [7, 11) is 2.02. The molecule has 5 amide bonds. The highest BCUT2D eigenvalue weighted by Gasteiger charge is 2.46. The smallest absolute Gasteiger partial charge is 0.417 e. The average Bonchev–Trinajstić information content (AvgIpc) is 2.07. The Labute approximate surface area is 523 Å². The molecule has 3 aromatic carbocycles. The molecule has 89 heavy (non-hydrogen) atoms. The summed E-state index contributed by atoms with van der Waals surface area (Å²) in [5.74, 6) is -2.44. The minimum Gasteiger partial charge on any atom is -0.461 e. The highest BCUT2D eigenvalue weighted by Crippen LogP contribution is 2.36. The monoisotopic (exact) mass is 1250 g/mol. The number of thiazole rings is 1. The zero-order valence-electron chi connectivity index (χ0n) is 52.1. The SMILES string of the molecule is CC(=O)OC1CC(C(=O)NCc2ccc(-c3scnc3C)cc2)N(C(=O)C(NC(=O)CCCCCCCCCC(=O)NCCN2CCN(Cc3cccc(-c4ccc(N5CCN(C)CC5)c(NC(=O)c5c[nH]c(=O)cc5C(F)(F)F)c4)c3)CC2)C(C)(C)C)C1. The first-order chi connectivity index (χ1) is 42.5. The first-order valence-electron chi connectivity index (χ1n) is 31.0. The van der Waals surface area contributed by atoms with E-state index in [-0.39, 0.29) is 43.7 Å². The van der Waals surface area contributed by atoms with E-state index >= 15 is 0 Å². The number of halogens is 3. The summed E-state index contributed by atoms with van der Waals surface area (Å²) in [6.07, 6.45) is 2.24. The number of nitrogens with zero attached hydrogens (tertiary/aromatic N) is 6. The first kappa shape index (κ1) is 67.5. The minimum atomic E-state index is -4.91. The summed E-state index contributed by atoms with van der Waals surface area (Å²) in [5.41, 5.74) is 4.91. The molecule has 5 N–H and O–H groups in total. The number of alkyl halides is 3. The fraction of sp³-hybridized carbons (Fsp3) is 0.515. The number of piperazine rings is 2. The number of rotatable bonds is 26. The highest BCUT2D eigenvalue weighted by atomic mass is 32.1. The lowest BCUT2D eigenvalue weighted by molar-refractivity contribution is -0.147. The number of likely N-dealkylation sites (tertiary alicyclic amines) is 1. The topological polar surface area (TPSA) is 222 Å². The normalized spacial score (nSPS) is 17.3. The van der Waals surface area contributed by atoms with Gasteiger partial charge in [0, 0.05) is 117 Å². The molecule has 3 unspecified atom stereocenters. The third-order valence-electron chi connectivity index (χ3n) is 16.8. The van der Waals surface area contributed by atoms with Crippen LogP contribution in [0.1, 0.15) is 125 Å². The zero-order valence-corrected chi connectivity index (χ0v) is 52.9. The summed E-state index contributed by atoms with van der Waals surface area (Å²) >= 11 is 1.57. The standard InChI is InChI=1S/C66H86F3N11O8S/c1-44-60(89-43-73-44)48-21-19-46(20-22-48)39-72-63(86)56-37-51(88-45(2)81)42-80(56)64(87)61(65(3,4)5)75-58(83)18-13-11-9-7-8-10-12-17-57(82)70-25-26-77-29-31-78(32-30-77)41-47-15-14-16-49(35-47)50-23-24-55(79-33-27-76(6)28-34-79)54(36-50)74-62(85)52-40-71-59(84)38-53(52)66(67,68)69/h14-16,19-24,35-36,38,40,43,51,56,61H,7-13,17-18,25-34,37,39,41-42H2,1-6H3,(H,70,82)(H,71,84)(H,72,86)(H,74,85)(H,75,83). The van der Waals surface area contributed by atoms with E-state index in [1.54, 1.807) is 17.4 Å². The molecule has 8 rings (SSSR count). The van der Waals surface area contributed by atoms with Gasteiger partial charge in [0.15, 0.2) is 0 Å². The van der Waals surface area contributed by atoms with Crippen LogP contribution in [0.4, 0.5) is 24.5 Å². The predicted octanol–water partition coefficient (Wildman–Crippen LogP) is 8.62. The summed E-state index contributed by atoms with van der Waals surface area (Å²) in [6, 6.07) is 20.2. The van der Waals surface area contributed by atoms with Gasteiger partial charge in [-0.3, -0.25) is 43.4 Å². The molecule has 19 nitrogen and oxygen atoms in total. The number of ether oxygens (including phenoxy) is 1. The van der Waals surface area contributed by atoms with Gasteiger partial charge in [-0.2, -0.15) is 13.2 Å². The molecule has 3 aliphatic rings. The number of pyridine rings is 1. The molecule has 3 atom stereocenters. The summed E-state index contributed by atoms with van der Waals surface area (Å²) in [4.78, 5) is 110. The molecule has 3 aliphatic heterocycles. The Morgan fingerprint density at radius 1 is 0.764 bits per heavy atom. The van der Waals surface area contributed by atoms with Crippen molar-refractivity contribution in [3.05, 3.63) is 123 Å². The Kier molecular flexibility index (Phi) is 23.7. The van der Waals surface area contributed by atoms with Gasteiger partial charge in [0.05, 0.1) is 45.1 Å². The van der Waals surface area contributed by atoms with Crippen LogP contribution in [0.5, 0.6) is 0 Å². The summed E-state index contributed by atoms with van der Waals surface area (Å²) < 4.78 is 47.4. The molecule has 0 bridgehead atoms. The molecular formula is C66H86F3N11O8S. The second-order valence-corrected chi connectivity index (χ2v) is 25.6. The number of anilines is 2. The number of likely N-dealkylation sites (N-methyl/N-ethyl adjacent to an activating group) is 1. The van der Waals surface area contributed by atoms with Crippen LogP contribution in [0.3, 0.4) is 0 Å². The van der Waals surface area contributed by atoms with Crippen LogP contribution in [0.15, 0.2) is 89.3 Å². The van der Waals surface area contributed by atoms with E-state index in [0.717, 1.165) is 129 Å². The molecule has 0 saturated carbocycles. The summed E-state index contributed by atoms with van der Waals surface area (Å²) in [6.45, 7) is 17.5. The Morgan fingerprint density at radius 2 is 1.42 bits per heavy atom. The van der Waals surface area contributed by atoms with Crippen molar-refractivity contribution in [3.63, 3.8) is 0 Å². The van der Waals surface area contributed by atoms with Gasteiger partial charge in [-0.15, -0.1) is 11.3 Å². The number of aryl methyl sites for hydroxylation is 1. The summed E-state index contributed by atoms with van der Waals surface area (Å²) in [5, 5.41) is 11.8. The van der Waals surface area contributed by atoms with Gasteiger partial charge in [-0.05, 0) is 78.2 Å². The number of hydrogen-bond donors (Lipinski definition) is 5. The molecule has 0 spiro atoms. The number of unbranched alkanes of at least 4 members (excludes halogenated alkanes) is 6. The third-order valence-corrected chi connectivity index (χ3v) is 17.8. The second kappa shape index (κ2) is 31.3. The quantitative estimate of drug-likeness (QED) is 0.0259. The number of amides is 5. The highest BCUT2D eigenvalue weighted by molar-refractivity contribution is 7.13. The van der Waals surface area contributed by atoms with Crippen LogP contribution >= 0.6 is 11.3 Å². The van der Waals surface area contributed by atoms with Gasteiger partial charge in [0.25, 0.3) is 5.91 Å². The fourth-order valence-corrected chi connectivity index (χ4v) is 12.5. The van der Waals surface area contributed by atoms with Crippen LogP contribution in [-0.2, 0) is 48.0 Å². The van der Waals surface area contributed by atoms with E-state index in [0.29, 0.717) is 56.5 Å². The van der Waals surface area contributed by atoms with E-state index in [4.69, 9.17) is 4.74 Å². The Bertz CT molecular complexity index is 3300. The van der Waals surface area contributed by atoms with Gasteiger partial charge >= 0.3 is 12.1 Å². The van der Waals surface area contributed by atoms with Crippen molar-refractivity contribution >= 4 is 58.2 Å². The molecule has 3 fully saturated rings. The maximum atomic E-state index is 14.3. The van der Waals surface area contributed by atoms with Crippen molar-refractivity contribution in [2.24, 2.45) is 5.41 Å². The number of aromatic nitrogens is 2. The zero-order chi connectivity index (χ0) is 63.8. The Morgan fingerprint density at radius 3 is 2.07 bits per heavy atom. The van der Waals surface area contributed by atoms with Crippen LogP contribution in [0.25, 0.3) is 21.6 Å². The minimum absolute atomic E-state index is 0.0396. The molecule has 480 valence electrons. The van der Waals surface area contributed by atoms with Crippen LogP contribution in [0.2, 0.25) is 0 Å².